The number of hydrogen-bond donors (Lipinski definition) is 2. The Balaban J connectivity index is 1.73. The van der Waals surface area contributed by atoms with E-state index < -0.39 is 17.9 Å². The molecule has 0 fully saturated rings. The summed E-state index contributed by atoms with van der Waals surface area (Å²) in [6.45, 7) is 0.449. The summed E-state index contributed by atoms with van der Waals surface area (Å²) < 4.78 is 15.0. The summed E-state index contributed by atoms with van der Waals surface area (Å²) in [4.78, 5) is 36.3. The predicted octanol–water partition coefficient (Wildman–Crippen LogP) is 3.37. The number of carbonyl (C=O) groups excluding carboxylic acids is 3. The number of nitrogens with one attached hydrogen (secondary N) is 2. The minimum Gasteiger partial charge on any atom is -0.497 e. The quantitative estimate of drug-likeness (QED) is 0.259. The molecule has 0 aromatic heterocycles. The van der Waals surface area contributed by atoms with Gasteiger partial charge in [0, 0.05) is 18.7 Å². The van der Waals surface area contributed by atoms with Crippen LogP contribution in [0.2, 0.25) is 0 Å². The number of rotatable bonds is 13. The summed E-state index contributed by atoms with van der Waals surface area (Å²) in [7, 11) is 4.46. The van der Waals surface area contributed by atoms with Crippen LogP contribution in [0.1, 0.15) is 30.4 Å². The standard InChI is InChI=1S/C27H32N2O6/c1-33-22-13-7-20(8-14-22)11-17-25(30)28-19-5-4-6-24(27(32)35-3)29-26(31)18-12-21-9-15-23(34-2)16-10-21/h7-18,24H,4-6,19H2,1-3H3,(H,28,30)(H,29,31)/b17-11+,18-12+/t24-/m0/s1. The molecule has 0 aliphatic rings. The minimum atomic E-state index is -0.765. The Bertz CT molecular complexity index is 1010. The Morgan fingerprint density at radius 3 is 1.77 bits per heavy atom. The van der Waals surface area contributed by atoms with Gasteiger partial charge in [0.15, 0.2) is 0 Å². The summed E-state index contributed by atoms with van der Waals surface area (Å²) in [6, 6.07) is 13.8. The van der Waals surface area contributed by atoms with Gasteiger partial charge in [0.1, 0.15) is 17.5 Å². The first kappa shape index (κ1) is 27.2. The molecule has 2 aromatic rings. The molecular weight excluding hydrogens is 448 g/mol. The van der Waals surface area contributed by atoms with E-state index in [9.17, 15) is 14.4 Å². The molecule has 186 valence electrons. The van der Waals surface area contributed by atoms with Crippen molar-refractivity contribution in [2.24, 2.45) is 0 Å². The van der Waals surface area contributed by atoms with E-state index in [1.807, 2.05) is 36.4 Å². The van der Waals surface area contributed by atoms with Gasteiger partial charge < -0.3 is 24.8 Å². The van der Waals surface area contributed by atoms with Crippen molar-refractivity contribution >= 4 is 29.9 Å². The molecule has 0 heterocycles. The van der Waals surface area contributed by atoms with Gasteiger partial charge in [0.05, 0.1) is 21.3 Å². The van der Waals surface area contributed by atoms with Crippen LogP contribution in [0.15, 0.2) is 60.7 Å². The summed E-state index contributed by atoms with van der Waals surface area (Å²) >= 11 is 0. The Hall–Kier alpha value is -4.07. The van der Waals surface area contributed by atoms with Crippen LogP contribution in [0.3, 0.4) is 0 Å². The summed E-state index contributed by atoms with van der Waals surface area (Å²) in [5, 5.41) is 5.48. The first-order valence-electron chi connectivity index (χ1n) is 11.3. The Morgan fingerprint density at radius 1 is 0.771 bits per heavy atom. The van der Waals surface area contributed by atoms with Crippen LogP contribution in [-0.2, 0) is 19.1 Å². The lowest BCUT2D eigenvalue weighted by molar-refractivity contribution is -0.144. The van der Waals surface area contributed by atoms with Gasteiger partial charge in [-0.3, -0.25) is 9.59 Å². The Kier molecular flexibility index (Phi) is 11.6. The van der Waals surface area contributed by atoms with Gasteiger partial charge in [-0.2, -0.15) is 0 Å². The second-order valence-electron chi connectivity index (χ2n) is 7.58. The molecule has 0 aliphatic carbocycles. The highest BCUT2D eigenvalue weighted by Crippen LogP contribution is 2.13. The Labute approximate surface area is 206 Å². The highest BCUT2D eigenvalue weighted by Gasteiger charge is 2.20. The third kappa shape index (κ3) is 10.2. The first-order valence-corrected chi connectivity index (χ1v) is 11.3. The molecule has 0 saturated carbocycles. The van der Waals surface area contributed by atoms with E-state index >= 15 is 0 Å². The van der Waals surface area contributed by atoms with Crippen molar-refractivity contribution < 1.29 is 28.6 Å². The molecule has 0 bridgehead atoms. The van der Waals surface area contributed by atoms with Gasteiger partial charge in [-0.05, 0) is 66.8 Å². The fourth-order valence-electron chi connectivity index (χ4n) is 3.13. The van der Waals surface area contributed by atoms with Crippen molar-refractivity contribution in [3.8, 4) is 11.5 Å². The average molecular weight is 481 g/mol. The lowest BCUT2D eigenvalue weighted by Gasteiger charge is -2.15. The van der Waals surface area contributed by atoms with Crippen molar-refractivity contribution in [1.82, 2.24) is 10.6 Å². The number of unbranched alkanes of at least 4 members (excludes halogenated alkanes) is 1. The molecule has 8 nitrogen and oxygen atoms in total. The number of amides is 2. The predicted molar refractivity (Wildman–Crippen MR) is 135 cm³/mol. The van der Waals surface area contributed by atoms with E-state index in [1.54, 1.807) is 38.5 Å². The molecule has 8 heteroatoms. The minimum absolute atomic E-state index is 0.206. The molecule has 1 atom stereocenters. The lowest BCUT2D eigenvalue weighted by Crippen LogP contribution is -2.40. The highest BCUT2D eigenvalue weighted by molar-refractivity contribution is 5.94. The smallest absolute Gasteiger partial charge is 0.328 e. The monoisotopic (exact) mass is 480 g/mol. The number of carbonyl (C=O) groups is 3. The molecule has 0 spiro atoms. The van der Waals surface area contributed by atoms with Gasteiger partial charge in [-0.25, -0.2) is 4.79 Å². The maximum Gasteiger partial charge on any atom is 0.328 e. The van der Waals surface area contributed by atoms with Gasteiger partial charge in [-0.1, -0.05) is 24.3 Å². The number of methoxy groups -OCH3 is 3. The average Bonchev–Trinajstić information content (AvgIpc) is 2.89. The lowest BCUT2D eigenvalue weighted by atomic mass is 10.1. The van der Waals surface area contributed by atoms with Crippen LogP contribution < -0.4 is 20.1 Å². The van der Waals surface area contributed by atoms with Crippen molar-refractivity contribution in [3.05, 3.63) is 71.8 Å². The van der Waals surface area contributed by atoms with Gasteiger partial charge in [0.25, 0.3) is 0 Å². The van der Waals surface area contributed by atoms with Crippen LogP contribution >= 0.6 is 0 Å². The highest BCUT2D eigenvalue weighted by atomic mass is 16.5. The molecule has 0 aliphatic heterocycles. The topological polar surface area (TPSA) is 103 Å². The molecule has 35 heavy (non-hydrogen) atoms. The van der Waals surface area contributed by atoms with E-state index in [1.165, 1.54) is 19.3 Å². The molecule has 0 unspecified atom stereocenters. The van der Waals surface area contributed by atoms with Crippen LogP contribution in [0.25, 0.3) is 12.2 Å². The Morgan fingerprint density at radius 2 is 1.29 bits per heavy atom. The maximum atomic E-state index is 12.3. The van der Waals surface area contributed by atoms with Gasteiger partial charge in [0.2, 0.25) is 11.8 Å². The molecule has 0 radical (unpaired) electrons. The number of ether oxygens (including phenoxy) is 3. The van der Waals surface area contributed by atoms with Crippen LogP contribution in [0, 0.1) is 0 Å². The van der Waals surface area contributed by atoms with E-state index in [0.717, 1.165) is 22.6 Å². The van der Waals surface area contributed by atoms with Crippen molar-refractivity contribution in [1.29, 1.82) is 0 Å². The first-order chi connectivity index (χ1) is 16.9. The van der Waals surface area contributed by atoms with E-state index in [2.05, 4.69) is 10.6 Å². The van der Waals surface area contributed by atoms with Gasteiger partial charge >= 0.3 is 5.97 Å². The SMILES string of the molecule is COC(=O)[C@H](CCCCNC(=O)/C=C/c1ccc(OC)cc1)NC(=O)/C=C/c1ccc(OC)cc1. The van der Waals surface area contributed by atoms with Crippen LogP contribution in [0.5, 0.6) is 11.5 Å². The molecular formula is C27H32N2O6. The third-order valence-electron chi connectivity index (χ3n) is 5.11. The zero-order valence-corrected chi connectivity index (χ0v) is 20.3. The maximum absolute atomic E-state index is 12.3. The van der Waals surface area contributed by atoms with Crippen molar-refractivity contribution in [2.75, 3.05) is 27.9 Å². The fourth-order valence-corrected chi connectivity index (χ4v) is 3.13. The second-order valence-corrected chi connectivity index (χ2v) is 7.58. The zero-order chi connectivity index (χ0) is 25.5. The largest absolute Gasteiger partial charge is 0.497 e. The number of hydrogen-bond acceptors (Lipinski definition) is 6. The molecule has 2 aromatic carbocycles. The van der Waals surface area contributed by atoms with Gasteiger partial charge in [-0.15, -0.1) is 0 Å². The van der Waals surface area contributed by atoms with Crippen molar-refractivity contribution in [3.63, 3.8) is 0 Å². The summed E-state index contributed by atoms with van der Waals surface area (Å²) in [5.41, 5.74) is 1.71. The molecule has 2 N–H and O–H groups in total. The zero-order valence-electron chi connectivity index (χ0n) is 20.3. The van der Waals surface area contributed by atoms with E-state index in [-0.39, 0.29) is 5.91 Å². The number of benzene rings is 2. The molecule has 2 rings (SSSR count). The number of esters is 1. The summed E-state index contributed by atoms with van der Waals surface area (Å²) in [6.07, 6.45) is 7.86. The van der Waals surface area contributed by atoms with E-state index in [0.29, 0.717) is 25.8 Å². The van der Waals surface area contributed by atoms with Crippen molar-refractivity contribution in [2.45, 2.75) is 25.3 Å². The molecule has 2 amide bonds. The van der Waals surface area contributed by atoms with E-state index in [4.69, 9.17) is 14.2 Å². The normalized spacial score (nSPS) is 11.7. The second kappa shape index (κ2) is 15.0. The fraction of sp³-hybridized carbons (Fsp3) is 0.296. The van der Waals surface area contributed by atoms with Crippen LogP contribution in [-0.4, -0.2) is 51.7 Å². The summed E-state index contributed by atoms with van der Waals surface area (Å²) in [5.74, 6) is 0.362. The molecule has 0 saturated heterocycles. The van der Waals surface area contributed by atoms with Crippen LogP contribution in [0.4, 0.5) is 0 Å². The third-order valence-corrected chi connectivity index (χ3v) is 5.11.